The Morgan fingerprint density at radius 3 is 2.40 bits per heavy atom. The fraction of sp³-hybridized carbons (Fsp3) is 0.647. The van der Waals surface area contributed by atoms with Gasteiger partial charge in [-0.15, -0.1) is 0 Å². The molecule has 0 radical (unpaired) electrons. The second kappa shape index (κ2) is 9.30. The highest BCUT2D eigenvalue weighted by atomic mass is 28.2. The molecule has 1 nitrogen and oxygen atoms in total. The molecule has 1 aromatic rings. The first-order valence-electron chi connectivity index (χ1n) is 7.95. The maximum absolute atomic E-state index is 13.0. The van der Waals surface area contributed by atoms with Crippen LogP contribution in [0.1, 0.15) is 64.4 Å². The predicted octanol–water partition coefficient (Wildman–Crippen LogP) is 4.17. The summed E-state index contributed by atoms with van der Waals surface area (Å²) >= 11 is 0. The van der Waals surface area contributed by atoms with Crippen molar-refractivity contribution in [2.24, 2.45) is 0 Å². The maximum Gasteiger partial charge on any atom is 0.146 e. The zero-order valence-corrected chi connectivity index (χ0v) is 15.3. The normalized spacial score (nSPS) is 11.9. The van der Waals surface area contributed by atoms with Crippen LogP contribution >= 0.6 is 0 Å². The summed E-state index contributed by atoms with van der Waals surface area (Å²) in [6, 6.07) is 6.96. The SMILES string of the molecule is CCC(CC)(CCCCCCc1cccc(F)c1)O[SiH3]. The first kappa shape index (κ1) is 17.4. The van der Waals surface area contributed by atoms with Gasteiger partial charge in [0.2, 0.25) is 0 Å². The van der Waals surface area contributed by atoms with Crippen LogP contribution in [0.15, 0.2) is 24.3 Å². The molecule has 0 spiro atoms. The molecule has 0 amide bonds. The highest BCUT2D eigenvalue weighted by Crippen LogP contribution is 2.26. The fourth-order valence-electron chi connectivity index (χ4n) is 2.82. The zero-order chi connectivity index (χ0) is 14.8. The molecule has 0 saturated heterocycles. The van der Waals surface area contributed by atoms with Gasteiger partial charge in [0.15, 0.2) is 0 Å². The molecular formula is C17H29FOSi. The molecule has 1 rings (SSSR count). The van der Waals surface area contributed by atoms with Gasteiger partial charge in [-0.05, 0) is 49.8 Å². The minimum atomic E-state index is -0.123. The van der Waals surface area contributed by atoms with Gasteiger partial charge in [-0.1, -0.05) is 45.2 Å². The average Bonchev–Trinajstić information content (AvgIpc) is 2.47. The molecule has 0 aliphatic rings. The average molecular weight is 297 g/mol. The van der Waals surface area contributed by atoms with Crippen molar-refractivity contribution in [3.8, 4) is 0 Å². The third kappa shape index (κ3) is 5.76. The summed E-state index contributed by atoms with van der Waals surface area (Å²) in [5.41, 5.74) is 1.26. The molecule has 0 aliphatic heterocycles. The van der Waals surface area contributed by atoms with Gasteiger partial charge in [-0.2, -0.15) is 0 Å². The van der Waals surface area contributed by atoms with Crippen molar-refractivity contribution in [2.45, 2.75) is 70.8 Å². The lowest BCUT2D eigenvalue weighted by atomic mass is 9.90. The highest BCUT2D eigenvalue weighted by Gasteiger charge is 2.23. The molecule has 0 fully saturated rings. The van der Waals surface area contributed by atoms with Gasteiger partial charge in [0.25, 0.3) is 0 Å². The monoisotopic (exact) mass is 296 g/mol. The summed E-state index contributed by atoms with van der Waals surface area (Å²) < 4.78 is 18.9. The third-order valence-corrected chi connectivity index (χ3v) is 5.32. The van der Waals surface area contributed by atoms with Gasteiger partial charge < -0.3 is 4.43 Å². The first-order chi connectivity index (χ1) is 9.65. The van der Waals surface area contributed by atoms with Crippen LogP contribution in [0.5, 0.6) is 0 Å². The molecule has 0 aliphatic carbocycles. The van der Waals surface area contributed by atoms with E-state index >= 15 is 0 Å². The Bertz CT molecular complexity index is 369. The van der Waals surface area contributed by atoms with Gasteiger partial charge in [0.05, 0.1) is 5.60 Å². The quantitative estimate of drug-likeness (QED) is 0.465. The summed E-state index contributed by atoms with van der Waals surface area (Å²) in [4.78, 5) is 0. The predicted molar refractivity (Wildman–Crippen MR) is 87.5 cm³/mol. The summed E-state index contributed by atoms with van der Waals surface area (Å²) in [5, 5.41) is 0. The van der Waals surface area contributed by atoms with E-state index in [4.69, 9.17) is 4.43 Å². The number of benzene rings is 1. The first-order valence-corrected chi connectivity index (χ1v) is 8.77. The zero-order valence-electron chi connectivity index (χ0n) is 13.3. The van der Waals surface area contributed by atoms with E-state index in [2.05, 4.69) is 13.8 Å². The lowest BCUT2D eigenvalue weighted by Crippen LogP contribution is -2.30. The van der Waals surface area contributed by atoms with Crippen molar-refractivity contribution in [2.75, 3.05) is 0 Å². The van der Waals surface area contributed by atoms with E-state index in [0.717, 1.165) is 41.7 Å². The molecule has 0 heterocycles. The molecule has 114 valence electrons. The van der Waals surface area contributed by atoms with E-state index in [1.54, 1.807) is 12.1 Å². The summed E-state index contributed by atoms with van der Waals surface area (Å²) in [6.45, 7) is 4.46. The minimum absolute atomic E-state index is 0.123. The van der Waals surface area contributed by atoms with Crippen LogP contribution in [0.2, 0.25) is 0 Å². The van der Waals surface area contributed by atoms with Crippen LogP contribution in [-0.4, -0.2) is 16.1 Å². The molecule has 0 aromatic heterocycles. The maximum atomic E-state index is 13.0. The Labute approximate surface area is 126 Å². The molecule has 1 aromatic carbocycles. The number of rotatable bonds is 10. The van der Waals surface area contributed by atoms with Gasteiger partial charge in [-0.3, -0.25) is 0 Å². The van der Waals surface area contributed by atoms with Crippen LogP contribution in [-0.2, 0) is 10.8 Å². The van der Waals surface area contributed by atoms with Crippen molar-refractivity contribution < 1.29 is 8.82 Å². The van der Waals surface area contributed by atoms with E-state index in [9.17, 15) is 4.39 Å². The molecule has 0 saturated carbocycles. The number of aryl methyl sites for hydroxylation is 1. The lowest BCUT2D eigenvalue weighted by molar-refractivity contribution is 0.0583. The molecular weight excluding hydrogens is 267 g/mol. The molecule has 0 bridgehead atoms. The minimum Gasteiger partial charge on any atom is -0.422 e. The fourth-order valence-corrected chi connectivity index (χ4v) is 3.60. The van der Waals surface area contributed by atoms with Gasteiger partial charge in [0, 0.05) is 0 Å². The van der Waals surface area contributed by atoms with Crippen LogP contribution < -0.4 is 0 Å². The van der Waals surface area contributed by atoms with Crippen LogP contribution in [0.4, 0.5) is 4.39 Å². The Hall–Kier alpha value is -0.673. The number of halogens is 1. The molecule has 0 atom stereocenters. The Balaban J connectivity index is 2.16. The van der Waals surface area contributed by atoms with Crippen LogP contribution in [0.25, 0.3) is 0 Å². The molecule has 0 unspecified atom stereocenters. The van der Waals surface area contributed by atoms with E-state index in [-0.39, 0.29) is 11.4 Å². The second-order valence-corrected chi connectivity index (χ2v) is 6.05. The lowest BCUT2D eigenvalue weighted by Gasteiger charge is -2.31. The van der Waals surface area contributed by atoms with Crippen molar-refractivity contribution in [3.63, 3.8) is 0 Å². The molecule has 3 heteroatoms. The van der Waals surface area contributed by atoms with E-state index in [0.29, 0.717) is 0 Å². The van der Waals surface area contributed by atoms with E-state index < -0.39 is 0 Å². The van der Waals surface area contributed by atoms with Crippen molar-refractivity contribution in [3.05, 3.63) is 35.6 Å². The van der Waals surface area contributed by atoms with Gasteiger partial charge in [0.1, 0.15) is 16.3 Å². The van der Waals surface area contributed by atoms with Crippen molar-refractivity contribution in [1.29, 1.82) is 0 Å². The van der Waals surface area contributed by atoms with Gasteiger partial charge in [-0.25, -0.2) is 4.39 Å². The standard InChI is InChI=1S/C17H29FOSi/c1-3-17(4-2,19-20)13-8-6-5-7-10-15-11-9-12-16(18)14-15/h9,11-12,14H,3-8,10,13H2,1-2,20H3. The molecule has 0 N–H and O–H groups in total. The smallest absolute Gasteiger partial charge is 0.146 e. The number of hydrogen-bond donors (Lipinski definition) is 0. The number of hydrogen-bond acceptors (Lipinski definition) is 1. The largest absolute Gasteiger partial charge is 0.422 e. The van der Waals surface area contributed by atoms with Crippen LogP contribution in [0.3, 0.4) is 0 Å². The summed E-state index contributed by atoms with van der Waals surface area (Å²) in [6.07, 6.45) is 9.28. The Morgan fingerprint density at radius 2 is 1.80 bits per heavy atom. The Morgan fingerprint density at radius 1 is 1.10 bits per heavy atom. The number of unbranched alkanes of at least 4 members (excludes halogenated alkanes) is 3. The van der Waals surface area contributed by atoms with Crippen LogP contribution in [0, 0.1) is 5.82 Å². The second-order valence-electron chi connectivity index (χ2n) is 5.64. The topological polar surface area (TPSA) is 9.23 Å². The van der Waals surface area contributed by atoms with E-state index in [1.807, 2.05) is 6.07 Å². The molecule has 20 heavy (non-hydrogen) atoms. The summed E-state index contributed by atoms with van der Waals surface area (Å²) in [7, 11) is 0.832. The van der Waals surface area contributed by atoms with E-state index in [1.165, 1.54) is 31.7 Å². The summed E-state index contributed by atoms with van der Waals surface area (Å²) in [5.74, 6) is -0.123. The highest BCUT2D eigenvalue weighted by molar-refractivity contribution is 5.98. The Kier molecular flexibility index (Phi) is 8.08. The van der Waals surface area contributed by atoms with Crippen molar-refractivity contribution in [1.82, 2.24) is 0 Å². The third-order valence-electron chi connectivity index (χ3n) is 4.46. The van der Waals surface area contributed by atoms with Crippen molar-refractivity contribution >= 4 is 10.5 Å². The van der Waals surface area contributed by atoms with Gasteiger partial charge >= 0.3 is 0 Å².